The highest BCUT2D eigenvalue weighted by atomic mass is 79.9. The van der Waals surface area contributed by atoms with Crippen LogP contribution >= 0.6 is 15.9 Å². The quantitative estimate of drug-likeness (QED) is 0.544. The van der Waals surface area contributed by atoms with E-state index >= 15 is 0 Å². The van der Waals surface area contributed by atoms with Crippen molar-refractivity contribution in [3.8, 4) is 11.6 Å². The maximum absolute atomic E-state index is 6.06. The summed E-state index contributed by atoms with van der Waals surface area (Å²) in [5, 5.41) is 5.72. The van der Waals surface area contributed by atoms with Gasteiger partial charge in [-0.3, -0.25) is 0 Å². The van der Waals surface area contributed by atoms with Crippen molar-refractivity contribution in [1.29, 1.82) is 0 Å². The van der Waals surface area contributed by atoms with Gasteiger partial charge in [0, 0.05) is 11.8 Å². The number of furan rings is 1. The number of halogens is 1. The highest BCUT2D eigenvalue weighted by Gasteiger charge is 2.17. The number of rotatable bonds is 7. The van der Waals surface area contributed by atoms with E-state index in [2.05, 4.69) is 46.6 Å². The van der Waals surface area contributed by atoms with Crippen LogP contribution in [0.25, 0.3) is 22.6 Å². The maximum Gasteiger partial charge on any atom is 0.194 e. The molecule has 3 rings (SSSR count). The molecule has 3 aromatic rings. The first kappa shape index (κ1) is 17.9. The molecule has 0 spiro atoms. The van der Waals surface area contributed by atoms with Crippen molar-refractivity contribution in [3.63, 3.8) is 0 Å². The van der Waals surface area contributed by atoms with Crippen molar-refractivity contribution >= 4 is 26.9 Å². The molecule has 6 heteroatoms. The van der Waals surface area contributed by atoms with Gasteiger partial charge in [-0.2, -0.15) is 5.10 Å². The fourth-order valence-electron chi connectivity index (χ4n) is 2.73. The molecule has 2 aromatic heterocycles. The standard InChI is InChI=1S/C19H23BrN4O/c1-13(2)12-24-19(21-17(22-24)9-6-10-23(3)4)16-11-14-7-5-8-15(20)18(14)25-16/h5,7-8,11H,1,6,9-10,12H2,2-4H3. The Morgan fingerprint density at radius 2 is 2.16 bits per heavy atom. The zero-order valence-electron chi connectivity index (χ0n) is 14.9. The number of allylic oxidation sites excluding steroid dienone is 1. The number of fused-ring (bicyclic) bond motifs is 1. The molecule has 5 nitrogen and oxygen atoms in total. The van der Waals surface area contributed by atoms with Gasteiger partial charge in [-0.25, -0.2) is 9.67 Å². The Kier molecular flexibility index (Phi) is 5.39. The molecule has 0 amide bonds. The summed E-state index contributed by atoms with van der Waals surface area (Å²) in [7, 11) is 4.15. The largest absolute Gasteiger partial charge is 0.452 e. The minimum atomic E-state index is 0.633. The highest BCUT2D eigenvalue weighted by Crippen LogP contribution is 2.31. The van der Waals surface area contributed by atoms with Gasteiger partial charge in [0.1, 0.15) is 5.58 Å². The van der Waals surface area contributed by atoms with Crippen LogP contribution in [0.1, 0.15) is 19.2 Å². The first-order valence-corrected chi connectivity index (χ1v) is 9.14. The molecule has 25 heavy (non-hydrogen) atoms. The average molecular weight is 403 g/mol. The number of hydrogen-bond acceptors (Lipinski definition) is 4. The van der Waals surface area contributed by atoms with Crippen molar-refractivity contribution in [2.75, 3.05) is 20.6 Å². The van der Waals surface area contributed by atoms with Gasteiger partial charge in [-0.1, -0.05) is 24.3 Å². The maximum atomic E-state index is 6.06. The Balaban J connectivity index is 1.95. The van der Waals surface area contributed by atoms with E-state index in [0.29, 0.717) is 6.54 Å². The predicted octanol–water partition coefficient (Wildman–Crippen LogP) is 4.52. The van der Waals surface area contributed by atoms with Gasteiger partial charge in [-0.05, 0) is 62.0 Å². The third kappa shape index (κ3) is 4.19. The van der Waals surface area contributed by atoms with E-state index in [0.717, 1.165) is 57.8 Å². The molecule has 1 aromatic carbocycles. The van der Waals surface area contributed by atoms with E-state index in [9.17, 15) is 0 Å². The summed E-state index contributed by atoms with van der Waals surface area (Å²) < 4.78 is 8.88. The van der Waals surface area contributed by atoms with Gasteiger partial charge < -0.3 is 9.32 Å². The number of hydrogen-bond donors (Lipinski definition) is 0. The van der Waals surface area contributed by atoms with Crippen molar-refractivity contribution in [2.45, 2.75) is 26.3 Å². The minimum absolute atomic E-state index is 0.633. The van der Waals surface area contributed by atoms with Crippen LogP contribution in [-0.4, -0.2) is 40.3 Å². The molecular formula is C19H23BrN4O. The first-order chi connectivity index (χ1) is 11.9. The fraction of sp³-hybridized carbons (Fsp3) is 0.368. The van der Waals surface area contributed by atoms with Crippen molar-refractivity contribution in [3.05, 3.63) is 46.7 Å². The van der Waals surface area contributed by atoms with Crippen LogP contribution < -0.4 is 0 Å². The van der Waals surface area contributed by atoms with Gasteiger partial charge in [-0.15, -0.1) is 0 Å². The molecule has 132 valence electrons. The monoisotopic (exact) mass is 402 g/mol. The molecule has 0 aliphatic rings. The zero-order chi connectivity index (χ0) is 18.0. The van der Waals surface area contributed by atoms with Crippen LogP contribution in [0.3, 0.4) is 0 Å². The molecule has 0 aliphatic heterocycles. The molecular weight excluding hydrogens is 380 g/mol. The van der Waals surface area contributed by atoms with Crippen LogP contribution in [0.5, 0.6) is 0 Å². The second-order valence-corrected chi connectivity index (χ2v) is 7.50. The molecule has 0 atom stereocenters. The highest BCUT2D eigenvalue weighted by molar-refractivity contribution is 9.10. The number of benzene rings is 1. The van der Waals surface area contributed by atoms with Crippen LogP contribution in [0.15, 0.2) is 45.3 Å². The first-order valence-electron chi connectivity index (χ1n) is 8.35. The number of para-hydroxylation sites is 1. The Morgan fingerprint density at radius 3 is 2.84 bits per heavy atom. The molecule has 0 radical (unpaired) electrons. The molecule has 0 saturated carbocycles. The van der Waals surface area contributed by atoms with Crippen molar-refractivity contribution in [2.24, 2.45) is 0 Å². The molecule has 2 heterocycles. The number of aromatic nitrogens is 3. The lowest BCUT2D eigenvalue weighted by Gasteiger charge is -2.06. The van der Waals surface area contributed by atoms with E-state index in [1.165, 1.54) is 0 Å². The lowest BCUT2D eigenvalue weighted by atomic mass is 10.2. The van der Waals surface area contributed by atoms with E-state index in [-0.39, 0.29) is 0 Å². The third-order valence-electron chi connectivity index (χ3n) is 3.86. The van der Waals surface area contributed by atoms with Gasteiger partial charge in [0.15, 0.2) is 17.4 Å². The van der Waals surface area contributed by atoms with E-state index in [4.69, 9.17) is 9.40 Å². The molecule has 0 unspecified atom stereocenters. The summed E-state index contributed by atoms with van der Waals surface area (Å²) >= 11 is 3.54. The van der Waals surface area contributed by atoms with Gasteiger partial charge in [0.25, 0.3) is 0 Å². The van der Waals surface area contributed by atoms with E-state index in [1.807, 2.05) is 35.9 Å². The lowest BCUT2D eigenvalue weighted by Crippen LogP contribution is -2.13. The Labute approximate surface area is 156 Å². The molecule has 0 N–H and O–H groups in total. The predicted molar refractivity (Wildman–Crippen MR) is 105 cm³/mol. The molecule has 0 saturated heterocycles. The fourth-order valence-corrected chi connectivity index (χ4v) is 3.20. The molecule has 0 bridgehead atoms. The van der Waals surface area contributed by atoms with Crippen molar-refractivity contribution in [1.82, 2.24) is 19.7 Å². The summed E-state index contributed by atoms with van der Waals surface area (Å²) in [6.07, 6.45) is 1.87. The van der Waals surface area contributed by atoms with Crippen LogP contribution in [0, 0.1) is 0 Å². The average Bonchev–Trinajstić information content (AvgIpc) is 3.11. The second kappa shape index (κ2) is 7.54. The SMILES string of the molecule is C=C(C)Cn1nc(CCCN(C)C)nc1-c1cc2cccc(Br)c2o1. The summed E-state index contributed by atoms with van der Waals surface area (Å²) in [6.45, 7) is 7.64. The Hall–Kier alpha value is -1.92. The van der Waals surface area contributed by atoms with E-state index < -0.39 is 0 Å². The summed E-state index contributed by atoms with van der Waals surface area (Å²) in [5.74, 6) is 2.33. The normalized spacial score (nSPS) is 11.6. The lowest BCUT2D eigenvalue weighted by molar-refractivity contribution is 0.398. The Bertz CT molecular complexity index is 894. The zero-order valence-corrected chi connectivity index (χ0v) is 16.5. The van der Waals surface area contributed by atoms with Crippen LogP contribution in [0.4, 0.5) is 0 Å². The molecule has 0 aliphatic carbocycles. The summed E-state index contributed by atoms with van der Waals surface area (Å²) in [5.41, 5.74) is 1.86. The van der Waals surface area contributed by atoms with E-state index in [1.54, 1.807) is 0 Å². The smallest absolute Gasteiger partial charge is 0.194 e. The minimum Gasteiger partial charge on any atom is -0.452 e. The van der Waals surface area contributed by atoms with Gasteiger partial charge >= 0.3 is 0 Å². The van der Waals surface area contributed by atoms with Gasteiger partial charge in [0.2, 0.25) is 0 Å². The third-order valence-corrected chi connectivity index (χ3v) is 4.48. The Morgan fingerprint density at radius 1 is 1.36 bits per heavy atom. The number of aryl methyl sites for hydroxylation is 1. The van der Waals surface area contributed by atoms with Crippen molar-refractivity contribution < 1.29 is 4.42 Å². The van der Waals surface area contributed by atoms with Crippen LogP contribution in [0.2, 0.25) is 0 Å². The summed E-state index contributed by atoms with van der Waals surface area (Å²) in [4.78, 5) is 6.91. The summed E-state index contributed by atoms with van der Waals surface area (Å²) in [6, 6.07) is 8.02. The second-order valence-electron chi connectivity index (χ2n) is 6.64. The number of nitrogens with zero attached hydrogens (tertiary/aromatic N) is 4. The topological polar surface area (TPSA) is 47.1 Å². The van der Waals surface area contributed by atoms with Gasteiger partial charge in [0.05, 0.1) is 11.0 Å². The van der Waals surface area contributed by atoms with Crippen LogP contribution in [-0.2, 0) is 13.0 Å². The molecule has 0 fully saturated rings.